The second kappa shape index (κ2) is 6.26. The number of nitrogens with zero attached hydrogens (tertiary/aromatic N) is 2. The fourth-order valence-electron chi connectivity index (χ4n) is 2.78. The number of alkyl halides is 3. The number of rotatable bonds is 4. The zero-order valence-electron chi connectivity index (χ0n) is 12.6. The molecule has 1 unspecified atom stereocenters. The molecule has 1 atom stereocenters. The lowest BCUT2D eigenvalue weighted by atomic mass is 9.85. The van der Waals surface area contributed by atoms with E-state index in [-0.39, 0.29) is 19.5 Å². The second-order valence-electron chi connectivity index (χ2n) is 5.51. The third-order valence-corrected chi connectivity index (χ3v) is 4.11. The molecule has 0 N–H and O–H groups in total. The molecule has 122 valence electrons. The van der Waals surface area contributed by atoms with Crippen molar-refractivity contribution in [3.05, 3.63) is 35.9 Å². The zero-order chi connectivity index (χ0) is 16.4. The van der Waals surface area contributed by atoms with Gasteiger partial charge in [-0.15, -0.1) is 0 Å². The normalized spacial score (nSPS) is 22.8. The number of hydrogen-bond donors (Lipinski definition) is 0. The number of likely N-dealkylation sites (tertiary alicyclic amines) is 1. The van der Waals surface area contributed by atoms with Crippen LogP contribution in [0.3, 0.4) is 0 Å². The molecule has 1 aliphatic heterocycles. The zero-order valence-corrected chi connectivity index (χ0v) is 12.6. The van der Waals surface area contributed by atoms with Crippen LogP contribution in [0.25, 0.3) is 0 Å². The van der Waals surface area contributed by atoms with Crippen molar-refractivity contribution in [1.82, 2.24) is 9.96 Å². The standard InChI is InChI=1S/C15H19F3N2O2/c1-19(22-2)13(21)14(15(16,17)18)8-9-20(11-14)10-12-6-4-3-5-7-12/h3-7H,8-11H2,1-2H3. The first kappa shape index (κ1) is 16.8. The topological polar surface area (TPSA) is 32.8 Å². The van der Waals surface area contributed by atoms with E-state index in [1.165, 1.54) is 14.2 Å². The van der Waals surface area contributed by atoms with E-state index < -0.39 is 17.5 Å². The Bertz CT molecular complexity index is 521. The fraction of sp³-hybridized carbons (Fsp3) is 0.533. The van der Waals surface area contributed by atoms with Crippen LogP contribution in [0.4, 0.5) is 13.2 Å². The first-order valence-electron chi connectivity index (χ1n) is 6.95. The summed E-state index contributed by atoms with van der Waals surface area (Å²) in [6.07, 6.45) is -4.86. The second-order valence-corrected chi connectivity index (χ2v) is 5.51. The van der Waals surface area contributed by atoms with E-state index in [1.54, 1.807) is 4.90 Å². The molecule has 1 amide bonds. The number of carbonyl (C=O) groups excluding carboxylic acids is 1. The minimum absolute atomic E-state index is 0.220. The molecule has 7 heteroatoms. The molecule has 1 aromatic carbocycles. The SMILES string of the molecule is CON(C)C(=O)C1(C(F)(F)F)CCN(Cc2ccccc2)C1. The van der Waals surface area contributed by atoms with Crippen molar-refractivity contribution in [2.45, 2.75) is 19.1 Å². The molecule has 4 nitrogen and oxygen atoms in total. The lowest BCUT2D eigenvalue weighted by Crippen LogP contribution is -2.52. The maximum atomic E-state index is 13.5. The average Bonchev–Trinajstić information content (AvgIpc) is 2.91. The van der Waals surface area contributed by atoms with Crippen molar-refractivity contribution in [2.24, 2.45) is 5.41 Å². The maximum absolute atomic E-state index is 13.5. The molecule has 0 radical (unpaired) electrons. The van der Waals surface area contributed by atoms with Crippen molar-refractivity contribution < 1.29 is 22.8 Å². The fourth-order valence-corrected chi connectivity index (χ4v) is 2.78. The number of benzene rings is 1. The van der Waals surface area contributed by atoms with E-state index in [4.69, 9.17) is 0 Å². The molecule has 0 aliphatic carbocycles. The smallest absolute Gasteiger partial charge is 0.298 e. The minimum atomic E-state index is -4.61. The van der Waals surface area contributed by atoms with Crippen LogP contribution in [0.5, 0.6) is 0 Å². The molecule has 0 saturated carbocycles. The Labute approximate surface area is 127 Å². The van der Waals surface area contributed by atoms with Gasteiger partial charge in [-0.1, -0.05) is 30.3 Å². The Morgan fingerprint density at radius 2 is 2.00 bits per heavy atom. The molecule has 1 aliphatic rings. The Kier molecular flexibility index (Phi) is 4.77. The summed E-state index contributed by atoms with van der Waals surface area (Å²) in [5, 5.41) is 0.666. The number of amides is 1. The molecule has 0 bridgehead atoms. The molecule has 1 heterocycles. The Hall–Kier alpha value is -1.60. The predicted molar refractivity (Wildman–Crippen MR) is 74.6 cm³/mol. The lowest BCUT2D eigenvalue weighted by molar-refractivity contribution is -0.239. The van der Waals surface area contributed by atoms with E-state index in [0.717, 1.165) is 5.56 Å². The van der Waals surface area contributed by atoms with E-state index in [1.807, 2.05) is 30.3 Å². The van der Waals surface area contributed by atoms with Gasteiger partial charge < -0.3 is 0 Å². The molecule has 1 fully saturated rings. The largest absolute Gasteiger partial charge is 0.404 e. The number of hydrogen-bond acceptors (Lipinski definition) is 3. The van der Waals surface area contributed by atoms with Gasteiger partial charge in [-0.25, -0.2) is 5.06 Å². The molecule has 0 aromatic heterocycles. The van der Waals surface area contributed by atoms with Crippen LogP contribution in [0, 0.1) is 5.41 Å². The summed E-state index contributed by atoms with van der Waals surface area (Å²) in [6.45, 7) is 0.262. The minimum Gasteiger partial charge on any atom is -0.298 e. The van der Waals surface area contributed by atoms with Crippen molar-refractivity contribution >= 4 is 5.91 Å². The van der Waals surface area contributed by atoms with Gasteiger partial charge in [0.15, 0.2) is 5.41 Å². The van der Waals surface area contributed by atoms with Gasteiger partial charge in [0.05, 0.1) is 7.11 Å². The molecule has 1 aromatic rings. The van der Waals surface area contributed by atoms with Crippen LogP contribution in [-0.4, -0.2) is 49.3 Å². The molecule has 1 saturated heterocycles. The maximum Gasteiger partial charge on any atom is 0.404 e. The highest BCUT2D eigenvalue weighted by atomic mass is 19.4. The molecule has 22 heavy (non-hydrogen) atoms. The molecule has 0 spiro atoms. The third-order valence-electron chi connectivity index (χ3n) is 4.11. The Balaban J connectivity index is 2.18. The number of halogens is 3. The summed E-state index contributed by atoms with van der Waals surface area (Å²) in [4.78, 5) is 18.5. The van der Waals surface area contributed by atoms with E-state index in [0.29, 0.717) is 11.6 Å². The van der Waals surface area contributed by atoms with E-state index in [2.05, 4.69) is 4.84 Å². The van der Waals surface area contributed by atoms with Crippen molar-refractivity contribution in [3.63, 3.8) is 0 Å². The number of hydroxylamine groups is 2. The van der Waals surface area contributed by atoms with Crippen molar-refractivity contribution in [2.75, 3.05) is 27.2 Å². The summed E-state index contributed by atoms with van der Waals surface area (Å²) < 4.78 is 40.6. The predicted octanol–water partition coefficient (Wildman–Crippen LogP) is 2.46. The highest BCUT2D eigenvalue weighted by molar-refractivity contribution is 5.83. The first-order chi connectivity index (χ1) is 10.3. The van der Waals surface area contributed by atoms with Crippen LogP contribution >= 0.6 is 0 Å². The highest BCUT2D eigenvalue weighted by Crippen LogP contribution is 2.47. The summed E-state index contributed by atoms with van der Waals surface area (Å²) >= 11 is 0. The first-order valence-corrected chi connectivity index (χ1v) is 6.95. The van der Waals surface area contributed by atoms with Gasteiger partial charge >= 0.3 is 6.18 Å². The highest BCUT2D eigenvalue weighted by Gasteiger charge is 2.64. The summed E-state index contributed by atoms with van der Waals surface area (Å²) in [6, 6.07) is 9.25. The van der Waals surface area contributed by atoms with Gasteiger partial charge in [-0.3, -0.25) is 14.5 Å². The van der Waals surface area contributed by atoms with Gasteiger partial charge in [0.1, 0.15) is 0 Å². The summed E-state index contributed by atoms with van der Waals surface area (Å²) in [5.74, 6) is -1.04. The quantitative estimate of drug-likeness (QED) is 0.800. The van der Waals surface area contributed by atoms with Crippen molar-refractivity contribution in [3.8, 4) is 0 Å². The van der Waals surface area contributed by atoms with Crippen LogP contribution < -0.4 is 0 Å². The van der Waals surface area contributed by atoms with Crippen LogP contribution in [0.2, 0.25) is 0 Å². The lowest BCUT2D eigenvalue weighted by Gasteiger charge is -2.33. The number of carbonyl (C=O) groups is 1. The van der Waals surface area contributed by atoms with Crippen molar-refractivity contribution in [1.29, 1.82) is 0 Å². The Morgan fingerprint density at radius 1 is 1.36 bits per heavy atom. The van der Waals surface area contributed by atoms with Crippen LogP contribution in [0.1, 0.15) is 12.0 Å². The molecular weight excluding hydrogens is 297 g/mol. The monoisotopic (exact) mass is 316 g/mol. The van der Waals surface area contributed by atoms with Gasteiger partial charge in [-0.2, -0.15) is 13.2 Å². The Morgan fingerprint density at radius 3 is 2.55 bits per heavy atom. The van der Waals surface area contributed by atoms with Crippen LogP contribution in [0.15, 0.2) is 30.3 Å². The average molecular weight is 316 g/mol. The van der Waals surface area contributed by atoms with Gasteiger partial charge in [0.25, 0.3) is 5.91 Å². The van der Waals surface area contributed by atoms with Gasteiger partial charge in [0.2, 0.25) is 0 Å². The van der Waals surface area contributed by atoms with Gasteiger partial charge in [-0.05, 0) is 18.5 Å². The van der Waals surface area contributed by atoms with E-state index in [9.17, 15) is 18.0 Å². The molecular formula is C15H19F3N2O2. The third kappa shape index (κ3) is 3.10. The van der Waals surface area contributed by atoms with E-state index >= 15 is 0 Å². The summed E-state index contributed by atoms with van der Waals surface area (Å²) in [7, 11) is 2.38. The summed E-state index contributed by atoms with van der Waals surface area (Å²) in [5.41, 5.74) is -1.47. The molecule has 2 rings (SSSR count). The van der Waals surface area contributed by atoms with Crippen LogP contribution in [-0.2, 0) is 16.2 Å². The van der Waals surface area contributed by atoms with Gasteiger partial charge in [0, 0.05) is 20.1 Å².